The van der Waals surface area contributed by atoms with Crippen molar-refractivity contribution in [3.05, 3.63) is 0 Å². The molecule has 0 radical (unpaired) electrons. The number of Topliss-reactive ketones (excluding diaryl/α,β-unsaturated/α-hetero) is 1. The van der Waals surface area contributed by atoms with E-state index in [1.165, 1.54) is 0 Å². The van der Waals surface area contributed by atoms with Crippen LogP contribution in [0.1, 0.15) is 26.2 Å². The van der Waals surface area contributed by atoms with E-state index in [4.69, 9.17) is 9.47 Å². The molecule has 1 heterocycles. The Kier molecular flexibility index (Phi) is 3.02. The minimum atomic E-state index is -0.304. The molecular weight excluding hydrogens is 144 g/mol. The van der Waals surface area contributed by atoms with Crippen molar-refractivity contribution < 1.29 is 14.3 Å². The third kappa shape index (κ3) is 2.27. The summed E-state index contributed by atoms with van der Waals surface area (Å²) in [5.74, 6) is 0.245. The maximum absolute atomic E-state index is 11.0. The van der Waals surface area contributed by atoms with E-state index in [9.17, 15) is 4.79 Å². The van der Waals surface area contributed by atoms with Crippen molar-refractivity contribution in [2.75, 3.05) is 7.11 Å². The van der Waals surface area contributed by atoms with E-state index in [0.29, 0.717) is 12.8 Å². The maximum atomic E-state index is 11.0. The van der Waals surface area contributed by atoms with Crippen LogP contribution in [0.25, 0.3) is 0 Å². The van der Waals surface area contributed by atoms with Crippen LogP contribution in [0.3, 0.4) is 0 Å². The Bertz CT molecular complexity index is 130. The van der Waals surface area contributed by atoms with Gasteiger partial charge >= 0.3 is 0 Å². The molecule has 2 unspecified atom stereocenters. The van der Waals surface area contributed by atoms with Crippen molar-refractivity contribution in [1.82, 2.24) is 0 Å². The number of carbonyl (C=O) groups is 1. The summed E-state index contributed by atoms with van der Waals surface area (Å²) in [6.07, 6.45) is 1.61. The average molecular weight is 158 g/mol. The molecular formula is C8H14O3. The highest BCUT2D eigenvalue weighted by atomic mass is 16.7. The molecule has 1 saturated heterocycles. The molecule has 0 aromatic carbocycles. The number of ketones is 1. The first-order valence-corrected chi connectivity index (χ1v) is 3.96. The normalized spacial score (nSPS) is 32.4. The van der Waals surface area contributed by atoms with Crippen molar-refractivity contribution >= 4 is 5.78 Å². The molecule has 2 atom stereocenters. The van der Waals surface area contributed by atoms with Crippen LogP contribution >= 0.6 is 0 Å². The molecule has 0 aromatic heterocycles. The zero-order valence-corrected chi connectivity index (χ0v) is 7.00. The lowest BCUT2D eigenvalue weighted by molar-refractivity contribution is -0.184. The fraction of sp³-hybridized carbons (Fsp3) is 0.875. The van der Waals surface area contributed by atoms with E-state index in [2.05, 4.69) is 0 Å². The van der Waals surface area contributed by atoms with E-state index in [0.717, 1.165) is 6.42 Å². The summed E-state index contributed by atoms with van der Waals surface area (Å²) in [5, 5.41) is 0. The summed E-state index contributed by atoms with van der Waals surface area (Å²) in [4.78, 5) is 11.0. The SMILES string of the molecule is CCC1CC(=O)CC(OC)O1. The van der Waals surface area contributed by atoms with Crippen LogP contribution in [0.2, 0.25) is 0 Å². The zero-order valence-electron chi connectivity index (χ0n) is 7.00. The van der Waals surface area contributed by atoms with Gasteiger partial charge in [-0.2, -0.15) is 0 Å². The van der Waals surface area contributed by atoms with Gasteiger partial charge < -0.3 is 9.47 Å². The van der Waals surface area contributed by atoms with E-state index in [-0.39, 0.29) is 18.2 Å². The van der Waals surface area contributed by atoms with E-state index >= 15 is 0 Å². The van der Waals surface area contributed by atoms with Gasteiger partial charge in [-0.15, -0.1) is 0 Å². The van der Waals surface area contributed by atoms with Gasteiger partial charge in [-0.1, -0.05) is 6.92 Å². The molecule has 0 spiro atoms. The van der Waals surface area contributed by atoms with Gasteiger partial charge in [0.2, 0.25) is 0 Å². The standard InChI is InChI=1S/C8H14O3/c1-3-7-4-6(9)5-8(10-2)11-7/h7-8H,3-5H2,1-2H3. The number of hydrogen-bond donors (Lipinski definition) is 0. The van der Waals surface area contributed by atoms with Gasteiger partial charge in [-0.3, -0.25) is 4.79 Å². The van der Waals surface area contributed by atoms with Crippen LogP contribution in [-0.2, 0) is 14.3 Å². The molecule has 0 aromatic rings. The Morgan fingerprint density at radius 2 is 2.36 bits per heavy atom. The number of ether oxygens (including phenoxy) is 2. The number of methoxy groups -OCH3 is 1. The van der Waals surface area contributed by atoms with Crippen molar-refractivity contribution in [2.45, 2.75) is 38.6 Å². The third-order valence-corrected chi connectivity index (χ3v) is 1.91. The molecule has 0 amide bonds. The minimum absolute atomic E-state index is 0.0706. The lowest BCUT2D eigenvalue weighted by Gasteiger charge is -2.27. The van der Waals surface area contributed by atoms with Crippen LogP contribution < -0.4 is 0 Å². The lowest BCUT2D eigenvalue weighted by atomic mass is 10.1. The predicted molar refractivity (Wildman–Crippen MR) is 40.2 cm³/mol. The topological polar surface area (TPSA) is 35.5 Å². The summed E-state index contributed by atoms with van der Waals surface area (Å²) in [7, 11) is 1.57. The smallest absolute Gasteiger partial charge is 0.164 e. The molecule has 0 saturated carbocycles. The monoisotopic (exact) mass is 158 g/mol. The summed E-state index contributed by atoms with van der Waals surface area (Å²) >= 11 is 0. The van der Waals surface area contributed by atoms with Gasteiger partial charge in [0, 0.05) is 13.5 Å². The molecule has 1 rings (SSSR count). The van der Waals surface area contributed by atoms with Crippen LogP contribution in [0, 0.1) is 0 Å². The molecule has 11 heavy (non-hydrogen) atoms. The second kappa shape index (κ2) is 3.83. The summed E-state index contributed by atoms with van der Waals surface area (Å²) < 4.78 is 10.4. The van der Waals surface area contributed by atoms with Gasteiger partial charge in [0.25, 0.3) is 0 Å². The van der Waals surface area contributed by atoms with Gasteiger partial charge in [-0.05, 0) is 6.42 Å². The van der Waals surface area contributed by atoms with E-state index in [1.54, 1.807) is 7.11 Å². The summed E-state index contributed by atoms with van der Waals surface area (Å²) in [5.41, 5.74) is 0. The number of hydrogen-bond acceptors (Lipinski definition) is 3. The number of carbonyl (C=O) groups excluding carboxylic acids is 1. The van der Waals surface area contributed by atoms with Crippen LogP contribution in [0.4, 0.5) is 0 Å². The Balaban J connectivity index is 2.43. The molecule has 0 N–H and O–H groups in total. The molecule has 3 nitrogen and oxygen atoms in total. The van der Waals surface area contributed by atoms with Crippen LogP contribution in [0.15, 0.2) is 0 Å². The van der Waals surface area contributed by atoms with Gasteiger partial charge in [0.05, 0.1) is 12.5 Å². The Hall–Kier alpha value is -0.410. The molecule has 0 aliphatic carbocycles. The van der Waals surface area contributed by atoms with Crippen molar-refractivity contribution in [1.29, 1.82) is 0 Å². The van der Waals surface area contributed by atoms with Gasteiger partial charge in [-0.25, -0.2) is 0 Å². The number of rotatable bonds is 2. The molecule has 3 heteroatoms. The zero-order chi connectivity index (χ0) is 8.27. The second-order valence-electron chi connectivity index (χ2n) is 2.78. The first kappa shape index (κ1) is 8.68. The quantitative estimate of drug-likeness (QED) is 0.604. The Morgan fingerprint density at radius 1 is 1.64 bits per heavy atom. The van der Waals surface area contributed by atoms with Crippen LogP contribution in [0.5, 0.6) is 0 Å². The van der Waals surface area contributed by atoms with Crippen molar-refractivity contribution in [3.8, 4) is 0 Å². The fourth-order valence-electron chi connectivity index (χ4n) is 1.21. The maximum Gasteiger partial charge on any atom is 0.164 e. The van der Waals surface area contributed by atoms with Gasteiger partial charge in [0.15, 0.2) is 6.29 Å². The lowest BCUT2D eigenvalue weighted by Crippen LogP contribution is -2.33. The third-order valence-electron chi connectivity index (χ3n) is 1.91. The van der Waals surface area contributed by atoms with E-state index in [1.807, 2.05) is 6.92 Å². The second-order valence-corrected chi connectivity index (χ2v) is 2.78. The molecule has 1 aliphatic heterocycles. The summed E-state index contributed by atoms with van der Waals surface area (Å²) in [6.45, 7) is 2.01. The van der Waals surface area contributed by atoms with Crippen molar-refractivity contribution in [2.24, 2.45) is 0 Å². The highest BCUT2D eigenvalue weighted by Gasteiger charge is 2.26. The molecule has 0 bridgehead atoms. The predicted octanol–water partition coefficient (Wildman–Crippen LogP) is 1.12. The molecule has 1 aliphatic rings. The summed E-state index contributed by atoms with van der Waals surface area (Å²) in [6, 6.07) is 0. The largest absolute Gasteiger partial charge is 0.355 e. The minimum Gasteiger partial charge on any atom is -0.355 e. The molecule has 1 fully saturated rings. The highest BCUT2D eigenvalue weighted by molar-refractivity contribution is 5.79. The van der Waals surface area contributed by atoms with E-state index < -0.39 is 0 Å². The fourth-order valence-corrected chi connectivity index (χ4v) is 1.21. The first-order valence-electron chi connectivity index (χ1n) is 3.96. The van der Waals surface area contributed by atoms with Crippen molar-refractivity contribution in [3.63, 3.8) is 0 Å². The highest BCUT2D eigenvalue weighted by Crippen LogP contribution is 2.18. The van der Waals surface area contributed by atoms with Crippen LogP contribution in [-0.4, -0.2) is 25.3 Å². The Morgan fingerprint density at radius 3 is 2.91 bits per heavy atom. The Labute approximate surface area is 66.7 Å². The molecule has 64 valence electrons. The average Bonchev–Trinajstić information content (AvgIpc) is 2.03. The first-order chi connectivity index (χ1) is 5.26. The van der Waals surface area contributed by atoms with Gasteiger partial charge in [0.1, 0.15) is 5.78 Å².